The average Bonchev–Trinajstić information content (AvgIpc) is 3.07. The first-order valence-electron chi connectivity index (χ1n) is 10.3. The van der Waals surface area contributed by atoms with Crippen molar-refractivity contribution in [1.82, 2.24) is 19.4 Å². The van der Waals surface area contributed by atoms with Crippen LogP contribution in [0.25, 0.3) is 0 Å². The number of methoxy groups -OCH3 is 1. The van der Waals surface area contributed by atoms with Gasteiger partial charge in [0.2, 0.25) is 0 Å². The van der Waals surface area contributed by atoms with Gasteiger partial charge in [-0.3, -0.25) is 4.90 Å². The summed E-state index contributed by atoms with van der Waals surface area (Å²) in [6.07, 6.45) is -5.39. The van der Waals surface area contributed by atoms with Crippen LogP contribution in [0.2, 0.25) is 0 Å². The number of imidazole rings is 1. The molecule has 16 heteroatoms. The van der Waals surface area contributed by atoms with Crippen molar-refractivity contribution < 1.29 is 50.9 Å². The summed E-state index contributed by atoms with van der Waals surface area (Å²) in [5.41, 5.74) is 1.22. The Labute approximate surface area is 201 Å². The van der Waals surface area contributed by atoms with Crippen LogP contribution >= 0.6 is 0 Å². The summed E-state index contributed by atoms with van der Waals surface area (Å²) < 4.78 is 71.0. The molecule has 3 heterocycles. The lowest BCUT2D eigenvalue weighted by atomic mass is 10.4. The molecule has 0 spiro atoms. The summed E-state index contributed by atoms with van der Waals surface area (Å²) in [4.78, 5) is 29.1. The molecular formula is C20H25F6N5O5. The van der Waals surface area contributed by atoms with Crippen LogP contribution in [-0.2, 0) is 33.8 Å². The molecule has 36 heavy (non-hydrogen) atoms. The van der Waals surface area contributed by atoms with Gasteiger partial charge >= 0.3 is 24.3 Å². The molecule has 0 saturated heterocycles. The maximum atomic E-state index is 10.6. The Morgan fingerprint density at radius 3 is 2.14 bits per heavy atom. The molecule has 3 rings (SSSR count). The lowest BCUT2D eigenvalue weighted by Gasteiger charge is -2.18. The van der Waals surface area contributed by atoms with E-state index in [2.05, 4.69) is 24.8 Å². The molecule has 1 aliphatic rings. The first-order chi connectivity index (χ1) is 16.8. The van der Waals surface area contributed by atoms with Crippen LogP contribution in [0, 0.1) is 0 Å². The lowest BCUT2D eigenvalue weighted by Crippen LogP contribution is -2.30. The second kappa shape index (κ2) is 14.2. The Hall–Kier alpha value is -3.40. The third-order valence-corrected chi connectivity index (χ3v) is 4.52. The Balaban J connectivity index is 0.000000383. The predicted molar refractivity (Wildman–Crippen MR) is 113 cm³/mol. The van der Waals surface area contributed by atoms with Crippen LogP contribution in [0.1, 0.15) is 11.5 Å². The summed E-state index contributed by atoms with van der Waals surface area (Å²) in [6.45, 7) is 5.61. The monoisotopic (exact) mass is 529 g/mol. The maximum absolute atomic E-state index is 10.6. The molecule has 0 atom stereocenters. The number of nitrogens with zero attached hydrogens (tertiary/aromatic N) is 4. The van der Waals surface area contributed by atoms with Crippen LogP contribution in [0.15, 0.2) is 30.6 Å². The van der Waals surface area contributed by atoms with E-state index in [1.807, 2.05) is 24.4 Å². The fourth-order valence-corrected chi connectivity index (χ4v) is 2.77. The van der Waals surface area contributed by atoms with Crippen molar-refractivity contribution in [1.29, 1.82) is 0 Å². The van der Waals surface area contributed by atoms with Gasteiger partial charge in [0.25, 0.3) is 0 Å². The standard InChI is InChI=1S/C16H23N5O.2C2HF3O2/c1-22-11-10-20-7-5-16-19-13-14(21(16)9-8-20)12-18-15-4-2-3-6-17-15;2*3-2(4,5)1(6)7/h2-4,6,13H,5,7-12H2,1H3,(H,17,18);2*(H,6,7). The minimum atomic E-state index is -5.08. The van der Waals surface area contributed by atoms with E-state index in [9.17, 15) is 26.3 Å². The number of rotatable bonds is 6. The molecule has 0 bridgehead atoms. The number of pyridine rings is 1. The van der Waals surface area contributed by atoms with Gasteiger partial charge in [-0.2, -0.15) is 26.3 Å². The summed E-state index contributed by atoms with van der Waals surface area (Å²) >= 11 is 0. The number of fused-ring (bicyclic) bond motifs is 1. The largest absolute Gasteiger partial charge is 0.490 e. The topological polar surface area (TPSA) is 130 Å². The van der Waals surface area contributed by atoms with Crippen LogP contribution in [0.3, 0.4) is 0 Å². The zero-order valence-corrected chi connectivity index (χ0v) is 19.0. The Morgan fingerprint density at radius 2 is 1.64 bits per heavy atom. The third-order valence-electron chi connectivity index (χ3n) is 4.52. The highest BCUT2D eigenvalue weighted by Crippen LogP contribution is 2.14. The van der Waals surface area contributed by atoms with E-state index >= 15 is 0 Å². The first kappa shape index (κ1) is 30.6. The highest BCUT2D eigenvalue weighted by atomic mass is 19.4. The number of hydrogen-bond acceptors (Lipinski definition) is 7. The molecule has 1 aliphatic heterocycles. The van der Waals surface area contributed by atoms with Gasteiger partial charge in [-0.15, -0.1) is 0 Å². The number of nitrogens with one attached hydrogen (secondary N) is 1. The average molecular weight is 529 g/mol. The fraction of sp³-hybridized carbons (Fsp3) is 0.500. The number of aliphatic carboxylic acids is 2. The molecule has 2 aromatic heterocycles. The number of hydrogen-bond donors (Lipinski definition) is 3. The molecule has 10 nitrogen and oxygen atoms in total. The number of ether oxygens (including phenoxy) is 1. The van der Waals surface area contributed by atoms with E-state index in [0.29, 0.717) is 0 Å². The predicted octanol–water partition coefficient (Wildman–Crippen LogP) is 2.66. The molecule has 0 radical (unpaired) electrons. The first-order valence-corrected chi connectivity index (χ1v) is 10.3. The van der Waals surface area contributed by atoms with Crippen molar-refractivity contribution in [3.8, 4) is 0 Å². The SMILES string of the molecule is COCCN1CCc2ncc(CNc3ccccn3)n2CC1.O=C(O)C(F)(F)F.O=C(O)C(F)(F)F. The Morgan fingerprint density at radius 1 is 1.03 bits per heavy atom. The van der Waals surface area contributed by atoms with E-state index in [-0.39, 0.29) is 0 Å². The second-order valence-corrected chi connectivity index (χ2v) is 7.08. The van der Waals surface area contributed by atoms with Gasteiger partial charge in [-0.1, -0.05) is 6.07 Å². The second-order valence-electron chi connectivity index (χ2n) is 7.08. The normalized spacial score (nSPS) is 13.8. The number of anilines is 1. The number of aromatic nitrogens is 3. The number of alkyl halides is 6. The van der Waals surface area contributed by atoms with Gasteiger partial charge in [0, 0.05) is 45.9 Å². The highest BCUT2D eigenvalue weighted by Gasteiger charge is 2.38. The molecular weight excluding hydrogens is 504 g/mol. The van der Waals surface area contributed by atoms with Crippen LogP contribution in [0.4, 0.5) is 32.2 Å². The maximum Gasteiger partial charge on any atom is 0.490 e. The number of halogens is 6. The van der Waals surface area contributed by atoms with Crippen molar-refractivity contribution in [2.24, 2.45) is 0 Å². The zero-order valence-electron chi connectivity index (χ0n) is 19.0. The van der Waals surface area contributed by atoms with Gasteiger partial charge in [-0.25, -0.2) is 19.6 Å². The Bertz CT molecular complexity index is 929. The molecule has 0 aromatic carbocycles. The zero-order chi connectivity index (χ0) is 27.4. The number of carbonyl (C=O) groups is 2. The van der Waals surface area contributed by atoms with Gasteiger partial charge in [0.15, 0.2) is 0 Å². The fourth-order valence-electron chi connectivity index (χ4n) is 2.77. The van der Waals surface area contributed by atoms with Crippen molar-refractivity contribution in [2.75, 3.05) is 38.7 Å². The summed E-state index contributed by atoms with van der Waals surface area (Å²) in [5, 5.41) is 17.6. The molecule has 0 saturated carbocycles. The minimum absolute atomic E-state index is 0.752. The van der Waals surface area contributed by atoms with Crippen molar-refractivity contribution in [2.45, 2.75) is 31.9 Å². The molecule has 0 fully saturated rings. The van der Waals surface area contributed by atoms with E-state index in [0.717, 1.165) is 51.6 Å². The van der Waals surface area contributed by atoms with E-state index in [4.69, 9.17) is 24.5 Å². The molecule has 0 amide bonds. The summed E-state index contributed by atoms with van der Waals surface area (Å²) in [7, 11) is 1.75. The molecule has 0 aliphatic carbocycles. The summed E-state index contributed by atoms with van der Waals surface area (Å²) in [6, 6.07) is 5.89. The van der Waals surface area contributed by atoms with Crippen LogP contribution in [0.5, 0.6) is 0 Å². The molecule has 2 aromatic rings. The van der Waals surface area contributed by atoms with Crippen molar-refractivity contribution in [3.05, 3.63) is 42.1 Å². The molecule has 202 valence electrons. The lowest BCUT2D eigenvalue weighted by molar-refractivity contribution is -0.193. The summed E-state index contributed by atoms with van der Waals surface area (Å²) in [5.74, 6) is -3.44. The van der Waals surface area contributed by atoms with Crippen LogP contribution < -0.4 is 5.32 Å². The van der Waals surface area contributed by atoms with Gasteiger partial charge in [0.1, 0.15) is 11.6 Å². The molecule has 0 unspecified atom stereocenters. The highest BCUT2D eigenvalue weighted by molar-refractivity contribution is 5.73. The quantitative estimate of drug-likeness (QED) is 0.484. The number of carboxylic acids is 2. The minimum Gasteiger partial charge on any atom is -0.475 e. The van der Waals surface area contributed by atoms with Gasteiger partial charge < -0.3 is 24.8 Å². The van der Waals surface area contributed by atoms with Crippen molar-refractivity contribution in [3.63, 3.8) is 0 Å². The van der Waals surface area contributed by atoms with E-state index < -0.39 is 24.3 Å². The third kappa shape index (κ3) is 11.4. The molecule has 3 N–H and O–H groups in total. The van der Waals surface area contributed by atoms with Crippen molar-refractivity contribution >= 4 is 17.8 Å². The van der Waals surface area contributed by atoms with Gasteiger partial charge in [0.05, 0.1) is 25.0 Å². The van der Waals surface area contributed by atoms with Crippen LogP contribution in [-0.4, -0.2) is 87.3 Å². The van der Waals surface area contributed by atoms with E-state index in [1.54, 1.807) is 13.3 Å². The number of carboxylic acid groups (broad SMARTS) is 2. The smallest absolute Gasteiger partial charge is 0.475 e. The van der Waals surface area contributed by atoms with E-state index in [1.165, 1.54) is 11.5 Å². The van der Waals surface area contributed by atoms with Gasteiger partial charge in [-0.05, 0) is 12.1 Å². The Kier molecular flexibility index (Phi) is 12.1.